The van der Waals surface area contributed by atoms with Gasteiger partial charge >= 0.3 is 0 Å². The molecule has 0 fully saturated rings. The molecular weight excluding hydrogens is 348 g/mol. The SMILES string of the molecule is O=C1CCCC2=C1[C@@H](c1cccc([N+](=O)[O-])c1)c1cc3c(cc1N2)OCO3. The first-order valence-electron chi connectivity index (χ1n) is 8.83. The van der Waals surface area contributed by atoms with Gasteiger partial charge in [0.15, 0.2) is 17.3 Å². The monoisotopic (exact) mass is 364 g/mol. The molecule has 0 spiro atoms. The molecule has 136 valence electrons. The molecule has 2 aromatic rings. The molecular formula is C20H16N2O5. The third-order valence-electron chi connectivity index (χ3n) is 5.30. The molecule has 3 aliphatic rings. The number of nitrogens with one attached hydrogen (secondary N) is 1. The van der Waals surface area contributed by atoms with Crippen molar-refractivity contribution in [2.24, 2.45) is 0 Å². The third kappa shape index (κ3) is 2.46. The van der Waals surface area contributed by atoms with E-state index in [1.807, 2.05) is 18.2 Å². The Hall–Kier alpha value is -3.35. The molecule has 2 heterocycles. The average molecular weight is 364 g/mol. The normalized spacial score (nSPS) is 20.0. The van der Waals surface area contributed by atoms with Gasteiger partial charge in [0.2, 0.25) is 6.79 Å². The number of rotatable bonds is 2. The summed E-state index contributed by atoms with van der Waals surface area (Å²) in [4.78, 5) is 23.6. The molecule has 1 aliphatic carbocycles. The molecule has 1 atom stereocenters. The lowest BCUT2D eigenvalue weighted by Crippen LogP contribution is -2.26. The van der Waals surface area contributed by atoms with E-state index in [-0.39, 0.29) is 24.2 Å². The second-order valence-corrected chi connectivity index (χ2v) is 6.87. The molecule has 2 aromatic carbocycles. The quantitative estimate of drug-likeness (QED) is 0.642. The third-order valence-corrected chi connectivity index (χ3v) is 5.30. The van der Waals surface area contributed by atoms with E-state index in [1.165, 1.54) is 6.07 Å². The number of fused-ring (bicyclic) bond motifs is 2. The van der Waals surface area contributed by atoms with Crippen molar-refractivity contribution < 1.29 is 19.2 Å². The number of hydrogen-bond donors (Lipinski definition) is 1. The molecule has 0 amide bonds. The zero-order chi connectivity index (χ0) is 18.5. The van der Waals surface area contributed by atoms with Crippen molar-refractivity contribution in [2.75, 3.05) is 12.1 Å². The van der Waals surface area contributed by atoms with Gasteiger partial charge in [-0.25, -0.2) is 0 Å². The second kappa shape index (κ2) is 5.84. The van der Waals surface area contributed by atoms with Crippen molar-refractivity contribution in [1.82, 2.24) is 0 Å². The summed E-state index contributed by atoms with van der Waals surface area (Å²) in [6.07, 6.45) is 2.07. The van der Waals surface area contributed by atoms with Gasteiger partial charge in [0.25, 0.3) is 5.69 Å². The summed E-state index contributed by atoms with van der Waals surface area (Å²) in [7, 11) is 0. The number of non-ortho nitro benzene ring substituents is 1. The highest BCUT2D eigenvalue weighted by atomic mass is 16.7. The van der Waals surface area contributed by atoms with Crippen LogP contribution in [0.25, 0.3) is 0 Å². The van der Waals surface area contributed by atoms with Crippen LogP contribution in [0.5, 0.6) is 11.5 Å². The molecule has 7 heteroatoms. The van der Waals surface area contributed by atoms with Crippen LogP contribution in [-0.2, 0) is 4.79 Å². The summed E-state index contributed by atoms with van der Waals surface area (Å²) >= 11 is 0. The number of ether oxygens (including phenoxy) is 2. The maximum absolute atomic E-state index is 12.8. The van der Waals surface area contributed by atoms with Gasteiger partial charge in [-0.1, -0.05) is 12.1 Å². The van der Waals surface area contributed by atoms with Crippen molar-refractivity contribution in [1.29, 1.82) is 0 Å². The van der Waals surface area contributed by atoms with Gasteiger partial charge < -0.3 is 14.8 Å². The zero-order valence-corrected chi connectivity index (χ0v) is 14.4. The summed E-state index contributed by atoms with van der Waals surface area (Å²) < 4.78 is 11.0. The van der Waals surface area contributed by atoms with Gasteiger partial charge in [-0.05, 0) is 30.0 Å². The molecule has 0 aromatic heterocycles. The fraction of sp³-hybridized carbons (Fsp3) is 0.250. The molecule has 0 saturated carbocycles. The lowest BCUT2D eigenvalue weighted by Gasteiger charge is -2.34. The van der Waals surface area contributed by atoms with Crippen molar-refractivity contribution >= 4 is 17.2 Å². The number of nitro benzene ring substituents is 1. The van der Waals surface area contributed by atoms with Crippen molar-refractivity contribution in [2.45, 2.75) is 25.2 Å². The Bertz CT molecular complexity index is 1030. The van der Waals surface area contributed by atoms with E-state index in [4.69, 9.17) is 9.47 Å². The number of nitro groups is 1. The van der Waals surface area contributed by atoms with Gasteiger partial charge in [0.1, 0.15) is 0 Å². The van der Waals surface area contributed by atoms with E-state index in [0.717, 1.165) is 35.4 Å². The first kappa shape index (κ1) is 15.9. The van der Waals surface area contributed by atoms with E-state index in [9.17, 15) is 14.9 Å². The second-order valence-electron chi connectivity index (χ2n) is 6.87. The topological polar surface area (TPSA) is 90.7 Å². The molecule has 0 saturated heterocycles. The maximum Gasteiger partial charge on any atom is 0.269 e. The fourth-order valence-corrected chi connectivity index (χ4v) is 4.12. The molecule has 1 N–H and O–H groups in total. The Morgan fingerprint density at radius 2 is 1.93 bits per heavy atom. The number of ketones is 1. The van der Waals surface area contributed by atoms with Crippen LogP contribution < -0.4 is 14.8 Å². The van der Waals surface area contributed by atoms with Gasteiger partial charge in [0, 0.05) is 47.5 Å². The predicted molar refractivity (Wildman–Crippen MR) is 97.0 cm³/mol. The van der Waals surface area contributed by atoms with E-state index in [1.54, 1.807) is 12.1 Å². The minimum atomic E-state index is -0.414. The Morgan fingerprint density at radius 1 is 1.11 bits per heavy atom. The Kier molecular flexibility index (Phi) is 3.43. The zero-order valence-electron chi connectivity index (χ0n) is 14.4. The standard InChI is InChI=1S/C20H16N2O5/c23-16-6-2-5-14-20(16)19(11-3-1-4-12(7-11)22(24)25)13-8-17-18(27-10-26-17)9-15(13)21-14/h1,3-4,7-9,19,21H,2,5-6,10H2/t19-/m0/s1. The minimum absolute atomic E-state index is 0.0127. The Labute approximate surface area is 154 Å². The van der Waals surface area contributed by atoms with E-state index < -0.39 is 4.92 Å². The van der Waals surface area contributed by atoms with Crippen LogP contribution in [0.3, 0.4) is 0 Å². The smallest absolute Gasteiger partial charge is 0.269 e. The number of carbonyl (C=O) groups is 1. The number of benzene rings is 2. The summed E-state index contributed by atoms with van der Waals surface area (Å²) in [5.41, 5.74) is 4.06. The van der Waals surface area contributed by atoms with Crippen LogP contribution in [0.4, 0.5) is 11.4 Å². The number of carbonyl (C=O) groups excluding carboxylic acids is 1. The van der Waals surface area contributed by atoms with E-state index in [2.05, 4.69) is 5.32 Å². The largest absolute Gasteiger partial charge is 0.454 e. The molecule has 0 radical (unpaired) electrons. The first-order valence-corrected chi connectivity index (χ1v) is 8.83. The highest BCUT2D eigenvalue weighted by molar-refractivity contribution is 6.01. The highest BCUT2D eigenvalue weighted by Gasteiger charge is 2.37. The van der Waals surface area contributed by atoms with Crippen LogP contribution in [0.15, 0.2) is 47.7 Å². The number of nitrogens with zero attached hydrogens (tertiary/aromatic N) is 1. The first-order chi connectivity index (χ1) is 13.1. The lowest BCUT2D eigenvalue weighted by molar-refractivity contribution is -0.384. The number of hydrogen-bond acceptors (Lipinski definition) is 6. The van der Waals surface area contributed by atoms with Crippen molar-refractivity contribution in [3.63, 3.8) is 0 Å². The van der Waals surface area contributed by atoms with Crippen LogP contribution in [0.2, 0.25) is 0 Å². The molecule has 2 aliphatic heterocycles. The molecule has 0 unspecified atom stereocenters. The lowest BCUT2D eigenvalue weighted by atomic mass is 9.75. The number of anilines is 1. The number of Topliss-reactive ketones (excluding diaryl/α,β-unsaturated/α-hetero) is 1. The van der Waals surface area contributed by atoms with Gasteiger partial charge in [-0.2, -0.15) is 0 Å². The van der Waals surface area contributed by atoms with Crippen LogP contribution in [0.1, 0.15) is 36.3 Å². The maximum atomic E-state index is 12.8. The highest BCUT2D eigenvalue weighted by Crippen LogP contribution is 2.49. The Balaban J connectivity index is 1.73. The number of allylic oxidation sites excluding steroid dienone is 2. The molecule has 7 nitrogen and oxygen atoms in total. The van der Waals surface area contributed by atoms with E-state index in [0.29, 0.717) is 23.5 Å². The summed E-state index contributed by atoms with van der Waals surface area (Å²) in [5, 5.41) is 14.6. The molecule has 5 rings (SSSR count). The summed E-state index contributed by atoms with van der Waals surface area (Å²) in [5.74, 6) is 1.01. The van der Waals surface area contributed by atoms with Gasteiger partial charge in [-0.3, -0.25) is 14.9 Å². The molecule has 0 bridgehead atoms. The molecule has 27 heavy (non-hydrogen) atoms. The van der Waals surface area contributed by atoms with Crippen LogP contribution in [0, 0.1) is 10.1 Å². The summed E-state index contributed by atoms with van der Waals surface area (Å²) in [6.45, 7) is 0.159. The minimum Gasteiger partial charge on any atom is -0.454 e. The van der Waals surface area contributed by atoms with Crippen molar-refractivity contribution in [3.8, 4) is 11.5 Å². The fourth-order valence-electron chi connectivity index (χ4n) is 4.12. The van der Waals surface area contributed by atoms with Crippen LogP contribution >= 0.6 is 0 Å². The van der Waals surface area contributed by atoms with Crippen LogP contribution in [-0.4, -0.2) is 17.5 Å². The average Bonchev–Trinajstić information content (AvgIpc) is 3.12. The van der Waals surface area contributed by atoms with Crippen molar-refractivity contribution in [3.05, 3.63) is 68.9 Å². The van der Waals surface area contributed by atoms with Gasteiger partial charge in [-0.15, -0.1) is 0 Å². The van der Waals surface area contributed by atoms with E-state index >= 15 is 0 Å². The van der Waals surface area contributed by atoms with Gasteiger partial charge in [0.05, 0.1) is 4.92 Å². The Morgan fingerprint density at radius 3 is 2.74 bits per heavy atom. The summed E-state index contributed by atoms with van der Waals surface area (Å²) in [6, 6.07) is 10.3. The predicted octanol–water partition coefficient (Wildman–Crippen LogP) is 3.89.